The van der Waals surface area contributed by atoms with E-state index in [2.05, 4.69) is 284 Å². The number of rotatable bonds is 3. The first-order valence-corrected chi connectivity index (χ1v) is 30.1. The fourth-order valence-corrected chi connectivity index (χ4v) is 16.8. The number of nitrogens with zero attached hydrogens (tertiary/aromatic N) is 5. The van der Waals surface area contributed by atoms with Gasteiger partial charge in [0.25, 0.3) is 13.4 Å². The van der Waals surface area contributed by atoms with Gasteiger partial charge < -0.3 is 32.3 Å². The summed E-state index contributed by atoms with van der Waals surface area (Å²) < 4.78 is 27.5. The Morgan fingerprint density at radius 1 is 0.218 bits per heavy atom. The van der Waals surface area contributed by atoms with Gasteiger partial charge in [-0.25, -0.2) is 0 Å². The van der Waals surface area contributed by atoms with E-state index in [9.17, 15) is 0 Å². The second-order valence-corrected chi connectivity index (χ2v) is 24.2. The normalized spacial score (nSPS) is 13.4. The largest absolute Gasteiger partial charge is 0.458 e. The van der Waals surface area contributed by atoms with Crippen molar-refractivity contribution in [2.75, 3.05) is 0 Å². The average Bonchev–Trinajstić information content (AvgIpc) is 1.67. The van der Waals surface area contributed by atoms with Gasteiger partial charge in [-0.1, -0.05) is 176 Å². The molecule has 0 saturated carbocycles. The van der Waals surface area contributed by atoms with Gasteiger partial charge in [-0.15, -0.1) is 0 Å². The maximum Gasteiger partial charge on any atom is 0.256 e. The average molecular weight is 1100 g/mol. The fourth-order valence-electron chi connectivity index (χ4n) is 16.8. The van der Waals surface area contributed by atoms with Crippen molar-refractivity contribution in [3.05, 3.63) is 261 Å². The Labute approximate surface area is 497 Å². The van der Waals surface area contributed by atoms with E-state index in [1.165, 1.54) is 97.8 Å². The van der Waals surface area contributed by atoms with E-state index in [1.807, 2.05) is 0 Å². The monoisotopic (exact) mass is 1100 g/mol. The van der Waals surface area contributed by atoms with Crippen LogP contribution in [-0.2, 0) is 0 Å². The lowest BCUT2D eigenvalue weighted by molar-refractivity contribution is 0.487. The molecule has 9 heteroatoms. The molecule has 22 rings (SSSR count). The highest BCUT2D eigenvalue weighted by Gasteiger charge is 2.44. The molecule has 7 nitrogen and oxygen atoms in total. The Bertz CT molecular complexity index is 5770. The number of benzene rings is 13. The molecule has 0 atom stereocenters. The van der Waals surface area contributed by atoms with Crippen molar-refractivity contribution in [2.45, 2.75) is 0 Å². The summed E-state index contributed by atoms with van der Waals surface area (Å²) in [7, 11) is 0. The Kier molecular flexibility index (Phi) is 8.22. The second kappa shape index (κ2) is 15.9. The highest BCUT2D eigenvalue weighted by Crippen LogP contribution is 2.46. The zero-order chi connectivity index (χ0) is 56.1. The first kappa shape index (κ1) is 45.1. The lowest BCUT2D eigenvalue weighted by atomic mass is 9.34. The van der Waals surface area contributed by atoms with Crippen LogP contribution in [0.25, 0.3) is 137 Å². The van der Waals surface area contributed by atoms with Crippen LogP contribution in [0.4, 0.5) is 0 Å². The minimum absolute atomic E-state index is 0.122. The van der Waals surface area contributed by atoms with E-state index in [1.54, 1.807) is 0 Å². The van der Waals surface area contributed by atoms with Gasteiger partial charge in [-0.3, -0.25) is 0 Å². The topological polar surface area (TPSA) is 43.1 Å². The molecule has 0 bridgehead atoms. The fraction of sp³-hybridized carbons (Fsp3) is 0. The molecular formula is C78H43B2N5O2. The third kappa shape index (κ3) is 5.53. The number of fused-ring (bicyclic) bond motifs is 23. The van der Waals surface area contributed by atoms with Crippen LogP contribution < -0.4 is 42.3 Å². The van der Waals surface area contributed by atoms with Gasteiger partial charge in [-0.2, -0.15) is 0 Å². The van der Waals surface area contributed by atoms with Gasteiger partial charge in [0, 0.05) is 106 Å². The van der Waals surface area contributed by atoms with Gasteiger partial charge in [0.15, 0.2) is 0 Å². The molecule has 4 aliphatic heterocycles. The summed E-state index contributed by atoms with van der Waals surface area (Å²) in [6, 6.07) is 96.7. The number of hydrogen-bond acceptors (Lipinski definition) is 2. The lowest BCUT2D eigenvalue weighted by Gasteiger charge is -2.34. The van der Waals surface area contributed by atoms with Gasteiger partial charge in [0.1, 0.15) is 23.0 Å². The standard InChI is InChI=1S/C78H43B2N5O2/c1-2-18-44(19-3-1)81-67-42-71-59(79-57-28-16-26-53-51-24-8-14-34-65(51)84(77(53)57)69-36-45(38-73(86-71)75(69)79)82-61-30-10-4-20-47(61)48-21-5-11-31-62(48)82)40-55(67)56-41-60-72(43-68(56)81)87-74-39-46(83-63-32-12-6-22-49(63)50-23-7-13-33-64(50)83)37-70-76(74)80(60)58-29-17-27-54-52-25-9-15-35-66(52)85(70)78(54)58/h1-43H. The molecule has 398 valence electrons. The minimum atomic E-state index is -0.122. The number of para-hydroxylation sites is 9. The van der Waals surface area contributed by atoms with Crippen LogP contribution in [0, 0.1) is 0 Å². The molecule has 13 aromatic carbocycles. The quantitative estimate of drug-likeness (QED) is 0.166. The van der Waals surface area contributed by atoms with Crippen molar-refractivity contribution in [3.8, 4) is 51.4 Å². The predicted octanol–water partition coefficient (Wildman–Crippen LogP) is 15.0. The number of ether oxygens (including phenoxy) is 2. The highest BCUT2D eigenvalue weighted by molar-refractivity contribution is 7.00. The van der Waals surface area contributed by atoms with Crippen LogP contribution >= 0.6 is 0 Å². The molecule has 0 saturated heterocycles. The molecule has 18 aromatic rings. The molecule has 9 heterocycles. The summed E-state index contributed by atoms with van der Waals surface area (Å²) in [5.74, 6) is 3.44. The Morgan fingerprint density at radius 2 is 0.552 bits per heavy atom. The predicted molar refractivity (Wildman–Crippen MR) is 360 cm³/mol. The van der Waals surface area contributed by atoms with Crippen molar-refractivity contribution in [1.29, 1.82) is 0 Å². The zero-order valence-corrected chi connectivity index (χ0v) is 46.5. The van der Waals surface area contributed by atoms with Crippen molar-refractivity contribution in [1.82, 2.24) is 22.8 Å². The highest BCUT2D eigenvalue weighted by atomic mass is 16.5. The summed E-state index contributed by atoms with van der Waals surface area (Å²) in [6.45, 7) is -0.244. The maximum absolute atomic E-state index is 7.60. The molecule has 87 heavy (non-hydrogen) atoms. The van der Waals surface area contributed by atoms with E-state index < -0.39 is 0 Å². The van der Waals surface area contributed by atoms with Crippen LogP contribution in [-0.4, -0.2) is 36.3 Å². The van der Waals surface area contributed by atoms with Crippen molar-refractivity contribution < 1.29 is 9.47 Å². The molecule has 0 aliphatic carbocycles. The zero-order valence-electron chi connectivity index (χ0n) is 46.5. The molecular weight excluding hydrogens is 1060 g/mol. The maximum atomic E-state index is 7.60. The molecule has 0 radical (unpaired) electrons. The van der Waals surface area contributed by atoms with E-state index in [0.717, 1.165) is 95.5 Å². The van der Waals surface area contributed by atoms with E-state index in [0.29, 0.717) is 0 Å². The van der Waals surface area contributed by atoms with Crippen LogP contribution in [0.1, 0.15) is 0 Å². The summed E-state index contributed by atoms with van der Waals surface area (Å²) >= 11 is 0. The molecule has 0 unspecified atom stereocenters. The van der Waals surface area contributed by atoms with E-state index in [4.69, 9.17) is 9.47 Å². The molecule has 0 N–H and O–H groups in total. The number of aromatic nitrogens is 5. The van der Waals surface area contributed by atoms with E-state index in [-0.39, 0.29) is 13.4 Å². The Hall–Kier alpha value is -11.4. The second-order valence-electron chi connectivity index (χ2n) is 24.2. The smallest absolute Gasteiger partial charge is 0.256 e. The van der Waals surface area contributed by atoms with Gasteiger partial charge in [0.05, 0.1) is 55.5 Å². The number of hydrogen-bond donors (Lipinski definition) is 0. The summed E-state index contributed by atoms with van der Waals surface area (Å²) in [6.07, 6.45) is 0. The van der Waals surface area contributed by atoms with Crippen LogP contribution in [0.5, 0.6) is 23.0 Å². The molecule has 0 amide bonds. The summed E-state index contributed by atoms with van der Waals surface area (Å²) in [5.41, 5.74) is 24.3. The SMILES string of the molecule is c1ccc(-n2c3cc4c(cc3c3cc5c(cc32)Oc2cc(-n3c6ccccc6c6ccccc63)cc3c2B5c2cccc5c6ccccc6n-3c25)B2c3c(cc(-n5c6ccccc6c6ccccc65)cc3-n3c5ccccc5c5cccc2c53)O4)cc1. The van der Waals surface area contributed by atoms with Gasteiger partial charge >= 0.3 is 0 Å². The first-order valence-electron chi connectivity index (χ1n) is 30.1. The molecule has 4 aliphatic rings. The summed E-state index contributed by atoms with van der Waals surface area (Å²) in [5, 5.41) is 12.2. The van der Waals surface area contributed by atoms with Crippen LogP contribution in [0.15, 0.2) is 261 Å². The molecule has 5 aromatic heterocycles. The van der Waals surface area contributed by atoms with Crippen molar-refractivity contribution >= 4 is 155 Å². The van der Waals surface area contributed by atoms with Crippen LogP contribution in [0.2, 0.25) is 0 Å². The third-order valence-corrected chi connectivity index (χ3v) is 20.1. The molecule has 0 fully saturated rings. The minimum Gasteiger partial charge on any atom is -0.458 e. The first-order chi connectivity index (χ1) is 43.2. The van der Waals surface area contributed by atoms with Gasteiger partial charge in [0.2, 0.25) is 0 Å². The van der Waals surface area contributed by atoms with E-state index >= 15 is 0 Å². The Balaban J connectivity index is 0.825. The Morgan fingerprint density at radius 3 is 0.954 bits per heavy atom. The van der Waals surface area contributed by atoms with Gasteiger partial charge in [-0.05, 0) is 93.4 Å². The summed E-state index contributed by atoms with van der Waals surface area (Å²) in [4.78, 5) is 0. The van der Waals surface area contributed by atoms with Crippen molar-refractivity contribution in [2.24, 2.45) is 0 Å². The lowest BCUT2D eigenvalue weighted by Crippen LogP contribution is -2.58. The van der Waals surface area contributed by atoms with Crippen LogP contribution in [0.3, 0.4) is 0 Å². The third-order valence-electron chi connectivity index (χ3n) is 20.1. The molecule has 0 spiro atoms. The van der Waals surface area contributed by atoms with Crippen molar-refractivity contribution in [3.63, 3.8) is 0 Å².